The summed E-state index contributed by atoms with van der Waals surface area (Å²) in [6, 6.07) is 2.80. The lowest BCUT2D eigenvalue weighted by Crippen LogP contribution is -2.34. The second-order valence-corrected chi connectivity index (χ2v) is 6.47. The van der Waals surface area contributed by atoms with Crippen molar-refractivity contribution < 1.29 is 9.90 Å². The van der Waals surface area contributed by atoms with Crippen LogP contribution in [0.3, 0.4) is 0 Å². The predicted molar refractivity (Wildman–Crippen MR) is 79.4 cm³/mol. The number of nitrogens with one attached hydrogen (secondary N) is 1. The molecule has 0 aliphatic carbocycles. The monoisotopic (exact) mass is 291 g/mol. The summed E-state index contributed by atoms with van der Waals surface area (Å²) in [5.74, 6) is 0.279. The van der Waals surface area contributed by atoms with Crippen molar-refractivity contribution in [1.29, 1.82) is 0 Å². The van der Waals surface area contributed by atoms with Crippen LogP contribution in [-0.4, -0.2) is 36.9 Å². The van der Waals surface area contributed by atoms with E-state index in [1.54, 1.807) is 16.6 Å². The normalized spacial score (nSPS) is 13.6. The van der Waals surface area contributed by atoms with E-state index in [1.165, 1.54) is 0 Å². The Balaban J connectivity index is 2.40. The Kier molecular flexibility index (Phi) is 3.85. The maximum Gasteiger partial charge on any atom is 0.326 e. The van der Waals surface area contributed by atoms with Gasteiger partial charge in [0.25, 0.3) is 0 Å². The topological polar surface area (TPSA) is 92.4 Å². The van der Waals surface area contributed by atoms with Gasteiger partial charge in [-0.2, -0.15) is 4.52 Å². The Morgan fingerprint density at radius 1 is 1.29 bits per heavy atom. The number of hydrogen-bond donors (Lipinski definition) is 2. The molecular weight excluding hydrogens is 270 g/mol. The molecule has 0 spiro atoms. The molecule has 0 bridgehead atoms. The van der Waals surface area contributed by atoms with Crippen molar-refractivity contribution in [2.45, 2.75) is 46.1 Å². The van der Waals surface area contributed by atoms with E-state index in [1.807, 2.05) is 34.6 Å². The third-order valence-corrected chi connectivity index (χ3v) is 3.17. The van der Waals surface area contributed by atoms with Crippen molar-refractivity contribution in [2.75, 3.05) is 5.32 Å². The minimum Gasteiger partial charge on any atom is -0.480 e. The lowest BCUT2D eigenvalue weighted by molar-refractivity contribution is -0.138. The van der Waals surface area contributed by atoms with Gasteiger partial charge in [0.05, 0.1) is 0 Å². The first-order valence-electron chi connectivity index (χ1n) is 6.92. The molecule has 114 valence electrons. The van der Waals surface area contributed by atoms with Crippen LogP contribution >= 0.6 is 0 Å². The number of fused-ring (bicyclic) bond motifs is 1. The van der Waals surface area contributed by atoms with Crippen LogP contribution in [0.4, 0.5) is 5.82 Å². The lowest BCUT2D eigenvalue weighted by Gasteiger charge is -2.19. The fourth-order valence-corrected chi connectivity index (χ4v) is 2.01. The smallest absolute Gasteiger partial charge is 0.326 e. The fourth-order valence-electron chi connectivity index (χ4n) is 2.01. The molecule has 0 fully saturated rings. The third-order valence-electron chi connectivity index (χ3n) is 3.17. The average molecular weight is 291 g/mol. The molecule has 0 radical (unpaired) electrons. The zero-order valence-electron chi connectivity index (χ0n) is 13.0. The van der Waals surface area contributed by atoms with E-state index in [0.717, 1.165) is 5.82 Å². The van der Waals surface area contributed by atoms with E-state index >= 15 is 0 Å². The fraction of sp³-hybridized carbons (Fsp3) is 0.571. The van der Waals surface area contributed by atoms with Crippen LogP contribution in [0.25, 0.3) is 5.65 Å². The second kappa shape index (κ2) is 5.31. The van der Waals surface area contributed by atoms with Crippen LogP contribution in [0.15, 0.2) is 12.1 Å². The number of aromatic nitrogens is 4. The zero-order chi connectivity index (χ0) is 15.8. The molecule has 0 aliphatic rings. The Labute approximate surface area is 123 Å². The molecule has 2 rings (SSSR count). The number of aliphatic carboxylic acids is 1. The maximum atomic E-state index is 11.3. The summed E-state index contributed by atoms with van der Waals surface area (Å²) in [5.41, 5.74) is 0.442. The minimum absolute atomic E-state index is 0.0528. The van der Waals surface area contributed by atoms with E-state index in [9.17, 15) is 9.90 Å². The Morgan fingerprint density at radius 2 is 1.95 bits per heavy atom. The SMILES string of the molecule is CC(C)[C@@H](Nc1ccc2nnc(C(C)(C)C)n2n1)C(=O)O. The highest BCUT2D eigenvalue weighted by molar-refractivity contribution is 5.77. The summed E-state index contributed by atoms with van der Waals surface area (Å²) in [4.78, 5) is 11.3. The van der Waals surface area contributed by atoms with Crippen molar-refractivity contribution in [2.24, 2.45) is 5.92 Å². The quantitative estimate of drug-likeness (QED) is 0.894. The van der Waals surface area contributed by atoms with Crippen molar-refractivity contribution in [1.82, 2.24) is 19.8 Å². The maximum absolute atomic E-state index is 11.3. The number of hydrogen-bond acceptors (Lipinski definition) is 5. The predicted octanol–water partition coefficient (Wildman–Crippen LogP) is 1.94. The van der Waals surface area contributed by atoms with Gasteiger partial charge in [-0.3, -0.25) is 0 Å². The number of anilines is 1. The molecule has 2 heterocycles. The van der Waals surface area contributed by atoms with E-state index in [4.69, 9.17) is 0 Å². The zero-order valence-corrected chi connectivity index (χ0v) is 13.0. The van der Waals surface area contributed by atoms with Gasteiger partial charge in [-0.25, -0.2) is 4.79 Å². The number of rotatable bonds is 4. The van der Waals surface area contributed by atoms with Crippen LogP contribution in [0, 0.1) is 5.92 Å². The van der Waals surface area contributed by atoms with Crippen molar-refractivity contribution in [3.63, 3.8) is 0 Å². The van der Waals surface area contributed by atoms with Gasteiger partial charge in [-0.05, 0) is 18.1 Å². The van der Waals surface area contributed by atoms with Crippen LogP contribution in [-0.2, 0) is 10.2 Å². The molecule has 7 nitrogen and oxygen atoms in total. The first-order valence-corrected chi connectivity index (χ1v) is 6.92. The average Bonchev–Trinajstić information content (AvgIpc) is 2.77. The first-order chi connectivity index (χ1) is 9.70. The van der Waals surface area contributed by atoms with Gasteiger partial charge >= 0.3 is 5.97 Å². The molecule has 0 amide bonds. The van der Waals surface area contributed by atoms with Crippen molar-refractivity contribution in [3.8, 4) is 0 Å². The van der Waals surface area contributed by atoms with Crippen molar-refractivity contribution >= 4 is 17.4 Å². The van der Waals surface area contributed by atoms with E-state index in [2.05, 4.69) is 20.6 Å². The summed E-state index contributed by atoms with van der Waals surface area (Å²) >= 11 is 0. The molecule has 0 aromatic carbocycles. The summed E-state index contributed by atoms with van der Waals surface area (Å²) in [7, 11) is 0. The van der Waals surface area contributed by atoms with Gasteiger partial charge in [0.15, 0.2) is 11.5 Å². The highest BCUT2D eigenvalue weighted by Gasteiger charge is 2.24. The van der Waals surface area contributed by atoms with Crippen LogP contribution in [0.5, 0.6) is 0 Å². The van der Waals surface area contributed by atoms with Crippen molar-refractivity contribution in [3.05, 3.63) is 18.0 Å². The molecule has 2 N–H and O–H groups in total. The van der Waals surface area contributed by atoms with Crippen LogP contribution in [0.1, 0.15) is 40.4 Å². The van der Waals surface area contributed by atoms with Gasteiger partial charge in [0.2, 0.25) is 0 Å². The molecule has 2 aromatic heterocycles. The minimum atomic E-state index is -0.897. The number of carboxylic acids is 1. The summed E-state index contributed by atoms with van der Waals surface area (Å²) < 4.78 is 1.65. The molecule has 0 aliphatic heterocycles. The molecule has 21 heavy (non-hydrogen) atoms. The summed E-state index contributed by atoms with van der Waals surface area (Å²) in [6.07, 6.45) is 0. The number of nitrogens with zero attached hydrogens (tertiary/aromatic N) is 4. The highest BCUT2D eigenvalue weighted by Crippen LogP contribution is 2.21. The number of carbonyl (C=O) groups is 1. The van der Waals surface area contributed by atoms with E-state index in [-0.39, 0.29) is 11.3 Å². The van der Waals surface area contributed by atoms with Gasteiger partial charge in [0.1, 0.15) is 11.9 Å². The lowest BCUT2D eigenvalue weighted by atomic mass is 9.96. The Hall–Kier alpha value is -2.18. The summed E-state index contributed by atoms with van der Waals surface area (Å²) in [5, 5.41) is 24.9. The molecule has 2 aromatic rings. The highest BCUT2D eigenvalue weighted by atomic mass is 16.4. The third kappa shape index (κ3) is 3.12. The van der Waals surface area contributed by atoms with Gasteiger partial charge in [-0.1, -0.05) is 34.6 Å². The largest absolute Gasteiger partial charge is 0.480 e. The molecular formula is C14H21N5O2. The molecule has 0 saturated heterocycles. The first kappa shape index (κ1) is 15.2. The molecule has 0 saturated carbocycles. The number of carboxylic acid groups (broad SMARTS) is 1. The van der Waals surface area contributed by atoms with Gasteiger partial charge in [-0.15, -0.1) is 15.3 Å². The van der Waals surface area contributed by atoms with Crippen LogP contribution < -0.4 is 5.32 Å². The van der Waals surface area contributed by atoms with Gasteiger partial charge < -0.3 is 10.4 Å². The molecule has 7 heteroatoms. The Morgan fingerprint density at radius 3 is 2.48 bits per heavy atom. The summed E-state index contributed by atoms with van der Waals surface area (Å²) in [6.45, 7) is 9.78. The van der Waals surface area contributed by atoms with Gasteiger partial charge in [0, 0.05) is 5.41 Å². The Bertz CT molecular complexity index is 657. The second-order valence-electron chi connectivity index (χ2n) is 6.47. The van der Waals surface area contributed by atoms with Crippen LogP contribution in [0.2, 0.25) is 0 Å². The molecule has 0 unspecified atom stereocenters. The standard InChI is InChI=1S/C14H21N5O2/c1-8(2)11(12(20)21)15-9-6-7-10-16-17-13(14(3,4)5)19(10)18-9/h6-8,11H,1-5H3,(H,15,18)(H,20,21)/t11-/m1/s1. The van der Waals surface area contributed by atoms with E-state index in [0.29, 0.717) is 11.5 Å². The van der Waals surface area contributed by atoms with E-state index < -0.39 is 12.0 Å². The molecule has 1 atom stereocenters.